The standard InChI is InChI=1S/C27H25Cl2N5O/c28-22-6-3-18(4-7-22)2-1-13-34-14-10-19(11-15-34)25-23(8-5-21-17-31-33-26(21)25)32-27(35)20-9-12-30-24(29)16-20/h1-9,12,16-17,19H,10-11,13-15H2,(H,31,33)(H,32,35). The Morgan fingerprint density at radius 3 is 2.69 bits per heavy atom. The lowest BCUT2D eigenvalue weighted by molar-refractivity contribution is 0.102. The molecule has 1 fully saturated rings. The van der Waals surface area contributed by atoms with Gasteiger partial charge in [0.05, 0.1) is 11.7 Å². The summed E-state index contributed by atoms with van der Waals surface area (Å²) in [7, 11) is 0. The van der Waals surface area contributed by atoms with E-state index < -0.39 is 0 Å². The number of anilines is 1. The molecule has 5 rings (SSSR count). The molecule has 3 heterocycles. The van der Waals surface area contributed by atoms with Gasteiger partial charge in [-0.1, -0.05) is 47.5 Å². The minimum absolute atomic E-state index is 0.209. The van der Waals surface area contributed by atoms with Crippen LogP contribution in [0.1, 0.15) is 40.2 Å². The number of H-pyrrole nitrogens is 1. The summed E-state index contributed by atoms with van der Waals surface area (Å²) in [6.07, 6.45) is 9.68. The first-order chi connectivity index (χ1) is 17.1. The Morgan fingerprint density at radius 2 is 1.91 bits per heavy atom. The highest BCUT2D eigenvalue weighted by Crippen LogP contribution is 2.37. The summed E-state index contributed by atoms with van der Waals surface area (Å²) in [4.78, 5) is 19.3. The number of carbonyl (C=O) groups excluding carboxylic acids is 1. The molecule has 178 valence electrons. The third-order valence-corrected chi connectivity index (χ3v) is 6.89. The number of carbonyl (C=O) groups is 1. The van der Waals surface area contributed by atoms with E-state index in [1.54, 1.807) is 12.1 Å². The largest absolute Gasteiger partial charge is 0.322 e. The van der Waals surface area contributed by atoms with Gasteiger partial charge in [0, 0.05) is 40.0 Å². The van der Waals surface area contributed by atoms with Gasteiger partial charge >= 0.3 is 0 Å². The molecule has 6 nitrogen and oxygen atoms in total. The van der Waals surface area contributed by atoms with Gasteiger partial charge in [-0.2, -0.15) is 5.10 Å². The second-order valence-electron chi connectivity index (χ2n) is 8.71. The molecule has 0 spiro atoms. The van der Waals surface area contributed by atoms with Gasteiger partial charge in [0.2, 0.25) is 0 Å². The molecule has 0 saturated carbocycles. The number of pyridine rings is 1. The van der Waals surface area contributed by atoms with Gasteiger partial charge in [-0.3, -0.25) is 14.8 Å². The van der Waals surface area contributed by atoms with Crippen molar-refractivity contribution in [1.82, 2.24) is 20.1 Å². The number of benzene rings is 2. The normalized spacial score (nSPS) is 15.1. The van der Waals surface area contributed by atoms with Gasteiger partial charge in [-0.25, -0.2) is 4.98 Å². The highest BCUT2D eigenvalue weighted by Gasteiger charge is 2.25. The summed E-state index contributed by atoms with van der Waals surface area (Å²) in [6, 6.07) is 15.0. The van der Waals surface area contributed by atoms with Gasteiger partial charge in [-0.05, 0) is 73.8 Å². The molecule has 0 aliphatic carbocycles. The molecule has 0 unspecified atom stereocenters. The lowest BCUT2D eigenvalue weighted by Crippen LogP contribution is -2.33. The number of fused-ring (bicyclic) bond motifs is 1. The van der Waals surface area contributed by atoms with Gasteiger partial charge < -0.3 is 5.32 Å². The topological polar surface area (TPSA) is 73.9 Å². The van der Waals surface area contributed by atoms with Crippen LogP contribution in [0.2, 0.25) is 10.2 Å². The number of nitrogens with one attached hydrogen (secondary N) is 2. The number of piperidine rings is 1. The predicted octanol–water partition coefficient (Wildman–Crippen LogP) is 6.41. The van der Waals surface area contributed by atoms with E-state index in [4.69, 9.17) is 23.2 Å². The van der Waals surface area contributed by atoms with Crippen molar-refractivity contribution in [3.05, 3.63) is 93.9 Å². The van der Waals surface area contributed by atoms with Crippen LogP contribution in [0.25, 0.3) is 17.0 Å². The van der Waals surface area contributed by atoms with E-state index in [1.807, 2.05) is 42.6 Å². The third-order valence-electron chi connectivity index (χ3n) is 6.43. The molecule has 2 aromatic carbocycles. The van der Waals surface area contributed by atoms with Crippen LogP contribution in [0.4, 0.5) is 5.69 Å². The minimum atomic E-state index is -0.209. The second kappa shape index (κ2) is 10.6. The highest BCUT2D eigenvalue weighted by molar-refractivity contribution is 6.30. The maximum Gasteiger partial charge on any atom is 0.255 e. The summed E-state index contributed by atoms with van der Waals surface area (Å²) in [5.41, 5.74) is 4.52. The van der Waals surface area contributed by atoms with Crippen LogP contribution in [0.3, 0.4) is 0 Å². The molecule has 35 heavy (non-hydrogen) atoms. The highest BCUT2D eigenvalue weighted by atomic mass is 35.5. The average molecular weight is 506 g/mol. The molecule has 2 N–H and O–H groups in total. The van der Waals surface area contributed by atoms with E-state index >= 15 is 0 Å². The lowest BCUT2D eigenvalue weighted by Gasteiger charge is -2.32. The van der Waals surface area contributed by atoms with E-state index in [-0.39, 0.29) is 5.91 Å². The summed E-state index contributed by atoms with van der Waals surface area (Å²) >= 11 is 11.9. The average Bonchev–Trinajstić information content (AvgIpc) is 3.35. The molecule has 2 aromatic heterocycles. The summed E-state index contributed by atoms with van der Waals surface area (Å²) in [5, 5.41) is 12.6. The molecule has 1 aliphatic rings. The van der Waals surface area contributed by atoms with Crippen LogP contribution in [0, 0.1) is 0 Å². The number of aromatic nitrogens is 3. The van der Waals surface area contributed by atoms with Crippen LogP contribution >= 0.6 is 23.2 Å². The van der Waals surface area contributed by atoms with Gasteiger partial charge in [0.1, 0.15) is 5.15 Å². The first-order valence-corrected chi connectivity index (χ1v) is 12.4. The number of amides is 1. The number of nitrogens with zero attached hydrogens (tertiary/aromatic N) is 3. The van der Waals surface area contributed by atoms with Crippen molar-refractivity contribution < 1.29 is 4.79 Å². The molecule has 1 amide bonds. The fraction of sp³-hybridized carbons (Fsp3) is 0.222. The predicted molar refractivity (Wildman–Crippen MR) is 142 cm³/mol. The van der Waals surface area contributed by atoms with Crippen molar-refractivity contribution in [1.29, 1.82) is 0 Å². The Labute approximate surface area is 214 Å². The number of aromatic amines is 1. The zero-order valence-corrected chi connectivity index (χ0v) is 20.6. The monoisotopic (exact) mass is 505 g/mol. The van der Waals surface area contributed by atoms with Crippen LogP contribution in [0.5, 0.6) is 0 Å². The van der Waals surface area contributed by atoms with Crippen molar-refractivity contribution in [2.45, 2.75) is 18.8 Å². The van der Waals surface area contributed by atoms with Gasteiger partial charge in [0.15, 0.2) is 0 Å². The number of hydrogen-bond donors (Lipinski definition) is 2. The fourth-order valence-electron chi connectivity index (χ4n) is 4.62. The molecule has 4 aromatic rings. The maximum absolute atomic E-state index is 12.9. The minimum Gasteiger partial charge on any atom is -0.322 e. The van der Waals surface area contributed by atoms with E-state index in [9.17, 15) is 4.79 Å². The van der Waals surface area contributed by atoms with E-state index in [0.717, 1.165) is 65.2 Å². The molecule has 0 radical (unpaired) electrons. The number of likely N-dealkylation sites (tertiary alicyclic amines) is 1. The Hall–Kier alpha value is -3.19. The van der Waals surface area contributed by atoms with Crippen molar-refractivity contribution in [3.63, 3.8) is 0 Å². The van der Waals surface area contributed by atoms with Crippen molar-refractivity contribution in [2.24, 2.45) is 0 Å². The van der Waals surface area contributed by atoms with Gasteiger partial charge in [0.25, 0.3) is 5.91 Å². The molecular weight excluding hydrogens is 481 g/mol. The zero-order chi connectivity index (χ0) is 24.2. The van der Waals surface area contributed by atoms with Crippen LogP contribution in [0.15, 0.2) is 67.0 Å². The fourth-order valence-corrected chi connectivity index (χ4v) is 4.92. The zero-order valence-electron chi connectivity index (χ0n) is 19.0. The summed E-state index contributed by atoms with van der Waals surface area (Å²) in [6.45, 7) is 2.86. The summed E-state index contributed by atoms with van der Waals surface area (Å²) < 4.78 is 0. The van der Waals surface area contributed by atoms with E-state index in [2.05, 4.69) is 37.6 Å². The first kappa shape index (κ1) is 23.5. The molecule has 0 atom stereocenters. The Kier molecular flexibility index (Phi) is 7.13. The van der Waals surface area contributed by atoms with Crippen molar-refractivity contribution in [2.75, 3.05) is 25.0 Å². The van der Waals surface area contributed by atoms with Crippen molar-refractivity contribution in [3.8, 4) is 0 Å². The molecule has 1 aliphatic heterocycles. The number of rotatable bonds is 6. The quantitative estimate of drug-likeness (QED) is 0.297. The van der Waals surface area contributed by atoms with Crippen LogP contribution in [-0.4, -0.2) is 45.6 Å². The Bertz CT molecular complexity index is 1360. The smallest absolute Gasteiger partial charge is 0.255 e. The third kappa shape index (κ3) is 5.56. The number of halogens is 2. The van der Waals surface area contributed by atoms with E-state index in [1.165, 1.54) is 6.20 Å². The first-order valence-electron chi connectivity index (χ1n) is 11.6. The van der Waals surface area contributed by atoms with Crippen molar-refractivity contribution >= 4 is 51.8 Å². The molecule has 0 bridgehead atoms. The Balaban J connectivity index is 1.29. The Morgan fingerprint density at radius 1 is 1.11 bits per heavy atom. The molecule has 1 saturated heterocycles. The lowest BCUT2D eigenvalue weighted by atomic mass is 9.87. The van der Waals surface area contributed by atoms with Gasteiger partial charge in [-0.15, -0.1) is 0 Å². The SMILES string of the molecule is O=C(Nc1ccc2cn[nH]c2c1C1CCN(CC=Cc2ccc(Cl)cc2)CC1)c1ccnc(Cl)c1. The molecule has 8 heteroatoms. The number of hydrogen-bond acceptors (Lipinski definition) is 4. The van der Waals surface area contributed by atoms with Crippen LogP contribution in [-0.2, 0) is 0 Å². The second-order valence-corrected chi connectivity index (χ2v) is 9.53. The maximum atomic E-state index is 12.9. The van der Waals surface area contributed by atoms with Crippen LogP contribution < -0.4 is 5.32 Å². The molecular formula is C27H25Cl2N5O. The summed E-state index contributed by atoms with van der Waals surface area (Å²) in [5.74, 6) is 0.103. The van der Waals surface area contributed by atoms with E-state index in [0.29, 0.717) is 16.6 Å².